The standard InChI is InChI=1S/C24H34F4O5Si/c1-10-31-21(29)20-18(14(2)23(6,33-20)24(26,27)28)15-11-12-17(25)16(19(15)30-7)13-32-34(8,9)22(3,4)5/h11-12,14H,10,13H2,1-9H3/t14-,23?/m1/s1. The van der Waals surface area contributed by atoms with E-state index in [1.807, 2.05) is 33.9 Å². The number of benzene rings is 1. The molecule has 0 radical (unpaired) electrons. The van der Waals surface area contributed by atoms with Gasteiger partial charge in [0.15, 0.2) is 8.32 Å². The highest BCUT2D eigenvalue weighted by Gasteiger charge is 2.63. The lowest BCUT2D eigenvalue weighted by Gasteiger charge is -2.36. The molecule has 5 nitrogen and oxygen atoms in total. The van der Waals surface area contributed by atoms with Gasteiger partial charge >= 0.3 is 12.1 Å². The molecular weight excluding hydrogens is 472 g/mol. The molecule has 0 amide bonds. The van der Waals surface area contributed by atoms with Gasteiger partial charge in [0.2, 0.25) is 11.4 Å². The Hall–Kier alpha value is -2.07. The van der Waals surface area contributed by atoms with E-state index in [0.717, 1.165) is 13.0 Å². The lowest BCUT2D eigenvalue weighted by Crippen LogP contribution is -2.47. The van der Waals surface area contributed by atoms with E-state index < -0.39 is 43.6 Å². The zero-order valence-electron chi connectivity index (χ0n) is 21.2. The van der Waals surface area contributed by atoms with Gasteiger partial charge in [-0.05, 0) is 44.1 Å². The van der Waals surface area contributed by atoms with E-state index in [1.165, 1.54) is 27.0 Å². The first kappa shape index (κ1) is 28.2. The molecule has 34 heavy (non-hydrogen) atoms. The average molecular weight is 507 g/mol. The summed E-state index contributed by atoms with van der Waals surface area (Å²) in [7, 11) is -0.987. The van der Waals surface area contributed by atoms with Crippen LogP contribution >= 0.6 is 0 Å². The zero-order chi connectivity index (χ0) is 26.3. The molecule has 2 atom stereocenters. The summed E-state index contributed by atoms with van der Waals surface area (Å²) in [6.07, 6.45) is -4.78. The summed E-state index contributed by atoms with van der Waals surface area (Å²) < 4.78 is 78.7. The molecule has 0 N–H and O–H groups in total. The van der Waals surface area contributed by atoms with Gasteiger partial charge in [0.25, 0.3) is 0 Å². The third-order valence-corrected chi connectivity index (χ3v) is 11.4. The SMILES string of the molecule is CCOC(=O)C1=C(c2ccc(F)c(CO[Si](C)(C)C(C)(C)C)c2OC)[C@@H](C)C(C)(C(F)(F)F)O1. The molecular formula is C24H34F4O5Si. The van der Waals surface area contributed by atoms with Crippen molar-refractivity contribution >= 4 is 19.9 Å². The molecule has 0 saturated carbocycles. The summed E-state index contributed by atoms with van der Waals surface area (Å²) in [5.41, 5.74) is -2.54. The molecule has 1 unspecified atom stereocenters. The van der Waals surface area contributed by atoms with E-state index in [4.69, 9.17) is 18.6 Å². The maximum atomic E-state index is 14.9. The third-order valence-electron chi connectivity index (χ3n) is 6.92. The first-order chi connectivity index (χ1) is 15.4. The van der Waals surface area contributed by atoms with Crippen LogP contribution in [0, 0.1) is 11.7 Å². The molecule has 0 aromatic heterocycles. The number of methoxy groups -OCH3 is 1. The lowest BCUT2D eigenvalue weighted by atomic mass is 9.82. The summed E-state index contributed by atoms with van der Waals surface area (Å²) in [6, 6.07) is 2.43. The molecule has 1 aromatic carbocycles. The monoisotopic (exact) mass is 506 g/mol. The van der Waals surface area contributed by atoms with E-state index in [0.29, 0.717) is 0 Å². The van der Waals surface area contributed by atoms with Crippen molar-refractivity contribution < 1.29 is 41.0 Å². The molecule has 0 bridgehead atoms. The minimum atomic E-state index is -4.78. The Morgan fingerprint density at radius 3 is 2.26 bits per heavy atom. The highest BCUT2D eigenvalue weighted by Crippen LogP contribution is 2.54. The van der Waals surface area contributed by atoms with Gasteiger partial charge in [-0.25, -0.2) is 9.18 Å². The summed E-state index contributed by atoms with van der Waals surface area (Å²) in [5, 5.41) is -0.143. The second kappa shape index (κ2) is 9.52. The van der Waals surface area contributed by atoms with Crippen LogP contribution in [0.3, 0.4) is 0 Å². The number of carbonyl (C=O) groups excluding carboxylic acids is 1. The van der Waals surface area contributed by atoms with Gasteiger partial charge in [0.1, 0.15) is 11.6 Å². The minimum absolute atomic E-state index is 0.00242. The molecule has 1 heterocycles. The predicted molar refractivity (Wildman–Crippen MR) is 123 cm³/mol. The van der Waals surface area contributed by atoms with Crippen LogP contribution in [-0.4, -0.2) is 39.8 Å². The Labute approximate surface area is 199 Å². The first-order valence-corrected chi connectivity index (χ1v) is 14.0. The summed E-state index contributed by atoms with van der Waals surface area (Å²) in [5.74, 6) is -3.52. The molecule has 0 aliphatic carbocycles. The molecule has 192 valence electrons. The van der Waals surface area contributed by atoms with Gasteiger partial charge in [-0.15, -0.1) is 0 Å². The second-order valence-electron chi connectivity index (χ2n) is 10.0. The highest BCUT2D eigenvalue weighted by molar-refractivity contribution is 6.74. The van der Waals surface area contributed by atoms with Crippen molar-refractivity contribution in [3.8, 4) is 5.75 Å². The van der Waals surface area contributed by atoms with Crippen LogP contribution in [0.5, 0.6) is 5.75 Å². The number of hydrogen-bond acceptors (Lipinski definition) is 5. The van der Waals surface area contributed by atoms with Crippen molar-refractivity contribution in [2.24, 2.45) is 5.92 Å². The largest absolute Gasteiger partial charge is 0.496 e. The van der Waals surface area contributed by atoms with E-state index in [2.05, 4.69) is 0 Å². The molecule has 10 heteroatoms. The van der Waals surface area contributed by atoms with Crippen LogP contribution in [0.1, 0.15) is 52.7 Å². The Balaban J connectivity index is 2.68. The third kappa shape index (κ3) is 4.98. The van der Waals surface area contributed by atoms with Gasteiger partial charge in [0.05, 0.1) is 25.9 Å². The van der Waals surface area contributed by atoms with E-state index in [9.17, 15) is 22.4 Å². The number of ether oxygens (including phenoxy) is 3. The van der Waals surface area contributed by atoms with Crippen molar-refractivity contribution in [2.75, 3.05) is 13.7 Å². The van der Waals surface area contributed by atoms with Crippen LogP contribution in [-0.2, 0) is 25.3 Å². The predicted octanol–water partition coefficient (Wildman–Crippen LogP) is 6.62. The van der Waals surface area contributed by atoms with Crippen LogP contribution < -0.4 is 4.74 Å². The van der Waals surface area contributed by atoms with Crippen molar-refractivity contribution in [2.45, 2.75) is 78.1 Å². The van der Waals surface area contributed by atoms with Gasteiger partial charge in [0, 0.05) is 17.1 Å². The fourth-order valence-corrected chi connectivity index (χ4v) is 4.43. The quantitative estimate of drug-likeness (QED) is 0.236. The van der Waals surface area contributed by atoms with Gasteiger partial charge in [-0.2, -0.15) is 13.2 Å². The summed E-state index contributed by atoms with van der Waals surface area (Å²) >= 11 is 0. The Morgan fingerprint density at radius 1 is 1.21 bits per heavy atom. The van der Waals surface area contributed by atoms with Crippen molar-refractivity contribution in [3.05, 3.63) is 34.8 Å². The van der Waals surface area contributed by atoms with Gasteiger partial charge in [-0.1, -0.05) is 27.7 Å². The minimum Gasteiger partial charge on any atom is -0.496 e. The number of esters is 1. The van der Waals surface area contributed by atoms with Crippen LogP contribution in [0.4, 0.5) is 17.6 Å². The average Bonchev–Trinajstić information content (AvgIpc) is 2.98. The van der Waals surface area contributed by atoms with E-state index in [1.54, 1.807) is 0 Å². The summed E-state index contributed by atoms with van der Waals surface area (Å²) in [6.45, 7) is 13.7. The van der Waals surface area contributed by atoms with Crippen molar-refractivity contribution in [1.82, 2.24) is 0 Å². The Kier molecular flexibility index (Phi) is 7.89. The van der Waals surface area contributed by atoms with Crippen LogP contribution in [0.15, 0.2) is 17.9 Å². The number of halogens is 4. The molecule has 1 aliphatic rings. The number of alkyl halides is 3. The van der Waals surface area contributed by atoms with E-state index in [-0.39, 0.29) is 40.7 Å². The molecule has 0 saturated heterocycles. The van der Waals surface area contributed by atoms with Gasteiger partial charge in [-0.3, -0.25) is 0 Å². The first-order valence-electron chi connectivity index (χ1n) is 11.1. The fraction of sp³-hybridized carbons (Fsp3) is 0.625. The smallest absolute Gasteiger partial charge is 0.428 e. The van der Waals surface area contributed by atoms with Crippen LogP contribution in [0.2, 0.25) is 18.1 Å². The molecule has 2 rings (SSSR count). The molecule has 1 aromatic rings. The van der Waals surface area contributed by atoms with Crippen molar-refractivity contribution in [3.63, 3.8) is 0 Å². The maximum absolute atomic E-state index is 14.9. The molecule has 0 spiro atoms. The van der Waals surface area contributed by atoms with Crippen LogP contribution in [0.25, 0.3) is 5.57 Å². The number of carbonyl (C=O) groups is 1. The number of rotatable bonds is 7. The second-order valence-corrected chi connectivity index (χ2v) is 14.9. The Morgan fingerprint density at radius 2 is 1.79 bits per heavy atom. The Bertz CT molecular complexity index is 965. The highest BCUT2D eigenvalue weighted by atomic mass is 28.4. The zero-order valence-corrected chi connectivity index (χ0v) is 22.2. The molecule has 0 fully saturated rings. The lowest BCUT2D eigenvalue weighted by molar-refractivity contribution is -0.262. The normalized spacial score (nSPS) is 21.5. The van der Waals surface area contributed by atoms with Crippen molar-refractivity contribution in [1.29, 1.82) is 0 Å². The van der Waals surface area contributed by atoms with Gasteiger partial charge < -0.3 is 18.6 Å². The van der Waals surface area contributed by atoms with E-state index >= 15 is 0 Å². The maximum Gasteiger partial charge on any atom is 0.428 e. The fourth-order valence-electron chi connectivity index (χ4n) is 3.49. The number of hydrogen-bond donors (Lipinski definition) is 0. The topological polar surface area (TPSA) is 54.0 Å². The summed E-state index contributed by atoms with van der Waals surface area (Å²) in [4.78, 5) is 12.6. The molecule has 1 aliphatic heterocycles.